The van der Waals surface area contributed by atoms with E-state index in [0.717, 1.165) is 5.56 Å². The second-order valence-electron chi connectivity index (χ2n) is 5.18. The molecule has 4 heteroatoms. The zero-order chi connectivity index (χ0) is 12.6. The molecule has 1 atom stereocenters. The minimum atomic E-state index is -3.12. The fourth-order valence-corrected chi connectivity index (χ4v) is 2.05. The molecule has 0 aliphatic rings. The van der Waals surface area contributed by atoms with Gasteiger partial charge in [-0.05, 0) is 23.1 Å². The van der Waals surface area contributed by atoms with E-state index < -0.39 is 9.84 Å². The van der Waals surface area contributed by atoms with E-state index in [-0.39, 0.29) is 11.5 Å². The van der Waals surface area contributed by atoms with Gasteiger partial charge in [0.1, 0.15) is 0 Å². The van der Waals surface area contributed by atoms with Crippen molar-refractivity contribution in [3.05, 3.63) is 29.8 Å². The lowest BCUT2D eigenvalue weighted by atomic mass is 9.83. The summed E-state index contributed by atoms with van der Waals surface area (Å²) in [5.74, 6) is 0. The average Bonchev–Trinajstić information content (AvgIpc) is 2.14. The maximum atomic E-state index is 11.3. The first kappa shape index (κ1) is 13.2. The lowest BCUT2D eigenvalue weighted by molar-refractivity contribution is 0.327. The number of nitrogens with two attached hydrogens (primary N) is 1. The SMILES string of the molecule is CC(C)(C)[C@H](N)c1ccc(S(C)(=O)=O)cc1. The third kappa shape index (κ3) is 3.06. The van der Waals surface area contributed by atoms with Gasteiger partial charge in [0.05, 0.1) is 4.90 Å². The smallest absolute Gasteiger partial charge is 0.175 e. The first-order chi connectivity index (χ1) is 7.12. The van der Waals surface area contributed by atoms with Crippen molar-refractivity contribution >= 4 is 9.84 Å². The van der Waals surface area contributed by atoms with E-state index in [1.54, 1.807) is 24.3 Å². The van der Waals surface area contributed by atoms with Gasteiger partial charge in [0.25, 0.3) is 0 Å². The van der Waals surface area contributed by atoms with E-state index in [2.05, 4.69) is 20.8 Å². The molecule has 0 amide bonds. The van der Waals surface area contributed by atoms with Gasteiger partial charge in [-0.1, -0.05) is 32.9 Å². The third-order valence-electron chi connectivity index (χ3n) is 2.60. The number of sulfone groups is 1. The highest BCUT2D eigenvalue weighted by Crippen LogP contribution is 2.30. The van der Waals surface area contributed by atoms with E-state index >= 15 is 0 Å². The van der Waals surface area contributed by atoms with Crippen LogP contribution < -0.4 is 5.73 Å². The summed E-state index contributed by atoms with van der Waals surface area (Å²) >= 11 is 0. The zero-order valence-corrected chi connectivity index (χ0v) is 11.0. The summed E-state index contributed by atoms with van der Waals surface area (Å²) in [5.41, 5.74) is 7.00. The Bertz CT molecular complexity index is 455. The summed E-state index contributed by atoms with van der Waals surface area (Å²) < 4.78 is 22.6. The molecule has 2 N–H and O–H groups in total. The highest BCUT2D eigenvalue weighted by atomic mass is 32.2. The van der Waals surface area contributed by atoms with Crippen LogP contribution in [-0.4, -0.2) is 14.7 Å². The van der Waals surface area contributed by atoms with E-state index in [4.69, 9.17) is 5.73 Å². The van der Waals surface area contributed by atoms with Crippen LogP contribution >= 0.6 is 0 Å². The quantitative estimate of drug-likeness (QED) is 0.863. The van der Waals surface area contributed by atoms with Gasteiger partial charge >= 0.3 is 0 Å². The van der Waals surface area contributed by atoms with Crippen LogP contribution in [-0.2, 0) is 9.84 Å². The van der Waals surface area contributed by atoms with Crippen LogP contribution in [0.4, 0.5) is 0 Å². The summed E-state index contributed by atoms with van der Waals surface area (Å²) in [7, 11) is -3.12. The summed E-state index contributed by atoms with van der Waals surface area (Å²) in [6.45, 7) is 6.17. The molecule has 1 rings (SSSR count). The Hall–Kier alpha value is -0.870. The van der Waals surface area contributed by atoms with Crippen molar-refractivity contribution in [2.45, 2.75) is 31.7 Å². The van der Waals surface area contributed by atoms with Crippen molar-refractivity contribution in [1.82, 2.24) is 0 Å². The van der Waals surface area contributed by atoms with E-state index in [0.29, 0.717) is 4.90 Å². The Morgan fingerprint density at radius 3 is 1.88 bits per heavy atom. The van der Waals surface area contributed by atoms with Gasteiger partial charge in [-0.2, -0.15) is 0 Å². The fourth-order valence-electron chi connectivity index (χ4n) is 1.42. The highest BCUT2D eigenvalue weighted by Gasteiger charge is 2.22. The van der Waals surface area contributed by atoms with Crippen molar-refractivity contribution < 1.29 is 8.42 Å². The standard InChI is InChI=1S/C12H19NO2S/c1-12(2,3)11(13)9-5-7-10(8-6-9)16(4,14)15/h5-8,11H,13H2,1-4H3/t11-/m1/s1. The second kappa shape index (κ2) is 4.18. The van der Waals surface area contributed by atoms with Gasteiger partial charge in [-0.3, -0.25) is 0 Å². The fraction of sp³-hybridized carbons (Fsp3) is 0.500. The first-order valence-electron chi connectivity index (χ1n) is 5.18. The van der Waals surface area contributed by atoms with Gasteiger partial charge in [-0.15, -0.1) is 0 Å². The van der Waals surface area contributed by atoms with E-state index in [1.165, 1.54) is 6.26 Å². The van der Waals surface area contributed by atoms with Crippen molar-refractivity contribution in [2.24, 2.45) is 11.1 Å². The molecule has 0 spiro atoms. The lowest BCUT2D eigenvalue weighted by Gasteiger charge is -2.27. The Morgan fingerprint density at radius 2 is 1.56 bits per heavy atom. The lowest BCUT2D eigenvalue weighted by Crippen LogP contribution is -2.26. The molecule has 0 fully saturated rings. The zero-order valence-electron chi connectivity index (χ0n) is 10.2. The molecule has 16 heavy (non-hydrogen) atoms. The molecule has 3 nitrogen and oxygen atoms in total. The van der Waals surface area contributed by atoms with Gasteiger partial charge in [0.15, 0.2) is 9.84 Å². The van der Waals surface area contributed by atoms with Crippen LogP contribution in [0.15, 0.2) is 29.2 Å². The van der Waals surface area contributed by atoms with Crippen molar-refractivity contribution in [3.63, 3.8) is 0 Å². The average molecular weight is 241 g/mol. The van der Waals surface area contributed by atoms with Gasteiger partial charge < -0.3 is 5.73 Å². The largest absolute Gasteiger partial charge is 0.324 e. The van der Waals surface area contributed by atoms with Gasteiger partial charge in [-0.25, -0.2) is 8.42 Å². The molecule has 1 aromatic rings. The Labute approximate surface area is 97.6 Å². The summed E-state index contributed by atoms with van der Waals surface area (Å²) in [6, 6.07) is 6.69. The topological polar surface area (TPSA) is 60.2 Å². The number of benzene rings is 1. The molecule has 0 aliphatic carbocycles. The van der Waals surface area contributed by atoms with Crippen LogP contribution in [0.5, 0.6) is 0 Å². The molecular weight excluding hydrogens is 222 g/mol. The van der Waals surface area contributed by atoms with Crippen LogP contribution in [0.25, 0.3) is 0 Å². The number of rotatable bonds is 2. The maximum absolute atomic E-state index is 11.3. The molecule has 0 radical (unpaired) electrons. The Morgan fingerprint density at radius 1 is 1.12 bits per heavy atom. The monoisotopic (exact) mass is 241 g/mol. The minimum absolute atomic E-state index is 0.0351. The van der Waals surface area contributed by atoms with Crippen LogP contribution in [0.2, 0.25) is 0 Å². The summed E-state index contributed by atoms with van der Waals surface area (Å²) in [6.07, 6.45) is 1.20. The molecule has 0 aliphatic heterocycles. The van der Waals surface area contributed by atoms with Crippen LogP contribution in [0.3, 0.4) is 0 Å². The molecule has 90 valence electrons. The van der Waals surface area contributed by atoms with E-state index in [1.807, 2.05) is 0 Å². The van der Waals surface area contributed by atoms with Gasteiger partial charge in [0, 0.05) is 12.3 Å². The van der Waals surface area contributed by atoms with Crippen LogP contribution in [0, 0.1) is 5.41 Å². The first-order valence-corrected chi connectivity index (χ1v) is 7.07. The Kier molecular flexibility index (Phi) is 3.45. The highest BCUT2D eigenvalue weighted by molar-refractivity contribution is 7.90. The molecule has 0 aromatic heterocycles. The number of hydrogen-bond donors (Lipinski definition) is 1. The number of hydrogen-bond acceptors (Lipinski definition) is 3. The second-order valence-corrected chi connectivity index (χ2v) is 7.20. The summed E-state index contributed by atoms with van der Waals surface area (Å²) in [4.78, 5) is 0.331. The molecule has 0 heterocycles. The molecule has 0 unspecified atom stereocenters. The van der Waals surface area contributed by atoms with E-state index in [9.17, 15) is 8.42 Å². The molecule has 0 bridgehead atoms. The Balaban J connectivity index is 3.05. The summed E-state index contributed by atoms with van der Waals surface area (Å²) in [5, 5.41) is 0. The molecule has 0 saturated heterocycles. The predicted molar refractivity (Wildman–Crippen MR) is 65.9 cm³/mol. The van der Waals surface area contributed by atoms with Crippen LogP contribution in [0.1, 0.15) is 32.4 Å². The molecule has 0 saturated carbocycles. The van der Waals surface area contributed by atoms with Crippen molar-refractivity contribution in [3.8, 4) is 0 Å². The minimum Gasteiger partial charge on any atom is -0.324 e. The predicted octanol–water partition coefficient (Wildman–Crippen LogP) is 2.14. The van der Waals surface area contributed by atoms with Crippen molar-refractivity contribution in [2.75, 3.05) is 6.26 Å². The maximum Gasteiger partial charge on any atom is 0.175 e. The van der Waals surface area contributed by atoms with Gasteiger partial charge in [0.2, 0.25) is 0 Å². The molecular formula is C12H19NO2S. The molecule has 1 aromatic carbocycles. The third-order valence-corrected chi connectivity index (χ3v) is 3.73. The normalized spacial score (nSPS) is 14.8. The van der Waals surface area contributed by atoms with Crippen molar-refractivity contribution in [1.29, 1.82) is 0 Å².